The van der Waals surface area contributed by atoms with E-state index < -0.39 is 35.7 Å². The Hall–Kier alpha value is -3.39. The van der Waals surface area contributed by atoms with Gasteiger partial charge in [-0.2, -0.15) is 0 Å². The number of carbonyl (C=O) groups is 3. The Morgan fingerprint density at radius 1 is 0.879 bits per heavy atom. The first-order chi connectivity index (χ1) is 15.6. The van der Waals surface area contributed by atoms with E-state index in [9.17, 15) is 14.4 Å². The van der Waals surface area contributed by atoms with Crippen LogP contribution in [0.3, 0.4) is 0 Å². The van der Waals surface area contributed by atoms with Crippen molar-refractivity contribution in [3.05, 3.63) is 59.7 Å². The maximum atomic E-state index is 12.3. The van der Waals surface area contributed by atoms with Crippen LogP contribution in [0.5, 0.6) is 0 Å². The van der Waals surface area contributed by atoms with Gasteiger partial charge in [-0.25, -0.2) is 9.59 Å². The quantitative estimate of drug-likeness (QED) is 0.374. The number of esters is 1. The first-order valence-electron chi connectivity index (χ1n) is 10.9. The van der Waals surface area contributed by atoms with Gasteiger partial charge in [0.25, 0.3) is 0 Å². The highest BCUT2D eigenvalue weighted by atomic mass is 16.7. The van der Waals surface area contributed by atoms with Crippen LogP contribution in [-0.2, 0) is 23.9 Å². The van der Waals surface area contributed by atoms with Crippen molar-refractivity contribution in [2.45, 2.75) is 58.2 Å². The SMILES string of the molecule is C[C@H](NC(=O)OCC1c2ccccc2-c2ccccc21)C(=O)ON[C@H](C)C(=O)OC(C)(C)C. The van der Waals surface area contributed by atoms with Crippen molar-refractivity contribution in [3.8, 4) is 11.1 Å². The number of hydrogen-bond donors (Lipinski definition) is 2. The average Bonchev–Trinajstić information content (AvgIpc) is 3.08. The third-order valence-corrected chi connectivity index (χ3v) is 5.13. The van der Waals surface area contributed by atoms with Crippen molar-refractivity contribution in [3.63, 3.8) is 0 Å². The Morgan fingerprint density at radius 2 is 1.42 bits per heavy atom. The Kier molecular flexibility index (Phi) is 7.38. The first kappa shape index (κ1) is 24.3. The number of hydroxylamine groups is 1. The van der Waals surface area contributed by atoms with E-state index in [1.807, 2.05) is 36.4 Å². The van der Waals surface area contributed by atoms with E-state index >= 15 is 0 Å². The van der Waals surface area contributed by atoms with Crippen LogP contribution >= 0.6 is 0 Å². The number of benzene rings is 2. The molecule has 1 aliphatic rings. The molecule has 33 heavy (non-hydrogen) atoms. The van der Waals surface area contributed by atoms with Crippen LogP contribution in [0, 0.1) is 0 Å². The summed E-state index contributed by atoms with van der Waals surface area (Å²) in [6, 6.07) is 14.2. The lowest BCUT2D eigenvalue weighted by atomic mass is 9.98. The summed E-state index contributed by atoms with van der Waals surface area (Å²) in [6.07, 6.45) is -0.735. The minimum atomic E-state index is -0.987. The molecule has 2 aromatic carbocycles. The van der Waals surface area contributed by atoms with Gasteiger partial charge in [-0.15, -0.1) is 5.48 Å². The van der Waals surface area contributed by atoms with E-state index in [4.69, 9.17) is 14.3 Å². The van der Waals surface area contributed by atoms with Gasteiger partial charge in [-0.3, -0.25) is 4.79 Å². The maximum Gasteiger partial charge on any atom is 0.407 e. The second-order valence-electron chi connectivity index (χ2n) is 8.99. The number of carbonyl (C=O) groups excluding carboxylic acids is 3. The van der Waals surface area contributed by atoms with Crippen LogP contribution < -0.4 is 10.8 Å². The Bertz CT molecular complexity index is 984. The number of alkyl carbamates (subject to hydrolysis) is 1. The molecule has 8 heteroatoms. The fourth-order valence-corrected chi connectivity index (χ4v) is 3.55. The van der Waals surface area contributed by atoms with Crippen LogP contribution in [0.4, 0.5) is 4.79 Å². The zero-order valence-corrected chi connectivity index (χ0v) is 19.5. The third kappa shape index (κ3) is 6.10. The zero-order chi connectivity index (χ0) is 24.2. The molecule has 2 aromatic rings. The molecule has 3 rings (SSSR count). The zero-order valence-electron chi connectivity index (χ0n) is 19.5. The van der Waals surface area contributed by atoms with Crippen LogP contribution in [0.1, 0.15) is 51.7 Å². The van der Waals surface area contributed by atoms with Crippen molar-refractivity contribution >= 4 is 18.0 Å². The average molecular weight is 455 g/mol. The van der Waals surface area contributed by atoms with Crippen LogP contribution in [0.2, 0.25) is 0 Å². The van der Waals surface area contributed by atoms with Crippen LogP contribution in [0.25, 0.3) is 11.1 Å². The molecule has 0 radical (unpaired) electrons. The lowest BCUT2D eigenvalue weighted by Crippen LogP contribution is -2.45. The summed E-state index contributed by atoms with van der Waals surface area (Å²) in [6.45, 7) is 8.32. The molecule has 0 fully saturated rings. The fourth-order valence-electron chi connectivity index (χ4n) is 3.55. The van der Waals surface area contributed by atoms with Crippen molar-refractivity contribution in [2.24, 2.45) is 0 Å². The summed E-state index contributed by atoms with van der Waals surface area (Å²) in [5.41, 5.74) is 6.14. The summed E-state index contributed by atoms with van der Waals surface area (Å²) >= 11 is 0. The number of fused-ring (bicyclic) bond motifs is 3. The summed E-state index contributed by atoms with van der Waals surface area (Å²) in [5.74, 6) is -1.41. The molecule has 2 N–H and O–H groups in total. The van der Waals surface area contributed by atoms with Gasteiger partial charge in [-0.1, -0.05) is 48.5 Å². The molecule has 0 aromatic heterocycles. The van der Waals surface area contributed by atoms with E-state index in [0.717, 1.165) is 22.3 Å². The molecular weight excluding hydrogens is 424 g/mol. The van der Waals surface area contributed by atoms with Crippen molar-refractivity contribution in [1.29, 1.82) is 0 Å². The summed E-state index contributed by atoms with van der Waals surface area (Å²) in [4.78, 5) is 41.3. The second-order valence-corrected chi connectivity index (χ2v) is 8.99. The lowest BCUT2D eigenvalue weighted by molar-refractivity contribution is -0.166. The monoisotopic (exact) mass is 454 g/mol. The number of rotatable bonds is 7. The standard InChI is InChI=1S/C25H30N2O6/c1-15(23(29)33-27-16(2)22(28)32-25(3,4)5)26-24(30)31-14-21-19-12-8-6-10-17(19)18-11-7-9-13-20(18)21/h6-13,15-16,21,27H,14H2,1-5H3,(H,26,30)/t15-,16+/m0/s1. The van der Waals surface area contributed by atoms with Crippen molar-refractivity contribution in [2.75, 3.05) is 6.61 Å². The second kappa shape index (κ2) is 10.0. The van der Waals surface area contributed by atoms with Gasteiger partial charge in [0.15, 0.2) is 0 Å². The summed E-state index contributed by atoms with van der Waals surface area (Å²) < 4.78 is 10.6. The molecule has 0 aliphatic heterocycles. The summed E-state index contributed by atoms with van der Waals surface area (Å²) in [7, 11) is 0. The molecule has 0 bridgehead atoms. The molecule has 0 saturated heterocycles. The molecule has 2 atom stereocenters. The van der Waals surface area contributed by atoms with E-state index in [0.29, 0.717) is 0 Å². The molecule has 1 amide bonds. The number of hydrogen-bond acceptors (Lipinski definition) is 7. The molecule has 8 nitrogen and oxygen atoms in total. The smallest absolute Gasteiger partial charge is 0.407 e. The van der Waals surface area contributed by atoms with Gasteiger partial charge in [0.05, 0.1) is 0 Å². The van der Waals surface area contributed by atoms with Gasteiger partial charge >= 0.3 is 18.0 Å². The van der Waals surface area contributed by atoms with Crippen LogP contribution in [-0.4, -0.2) is 42.3 Å². The van der Waals surface area contributed by atoms with E-state index in [2.05, 4.69) is 22.9 Å². The normalized spacial score (nSPS) is 14.5. The third-order valence-electron chi connectivity index (χ3n) is 5.13. The highest BCUT2D eigenvalue weighted by Crippen LogP contribution is 2.44. The Labute approximate surface area is 193 Å². The molecule has 176 valence electrons. The van der Waals surface area contributed by atoms with Crippen LogP contribution in [0.15, 0.2) is 48.5 Å². The predicted molar refractivity (Wildman–Crippen MR) is 122 cm³/mol. The maximum absolute atomic E-state index is 12.3. The molecule has 0 saturated carbocycles. The van der Waals surface area contributed by atoms with E-state index in [1.165, 1.54) is 13.8 Å². The molecular formula is C25H30N2O6. The van der Waals surface area contributed by atoms with E-state index in [1.54, 1.807) is 20.8 Å². The molecule has 1 aliphatic carbocycles. The van der Waals surface area contributed by atoms with Gasteiger partial charge in [0.2, 0.25) is 0 Å². The number of ether oxygens (including phenoxy) is 2. The highest BCUT2D eigenvalue weighted by molar-refractivity contribution is 5.82. The van der Waals surface area contributed by atoms with E-state index in [-0.39, 0.29) is 12.5 Å². The Balaban J connectivity index is 1.49. The molecule has 0 spiro atoms. The topological polar surface area (TPSA) is 103 Å². The van der Waals surface area contributed by atoms with Crippen molar-refractivity contribution < 1.29 is 28.7 Å². The van der Waals surface area contributed by atoms with Gasteiger partial charge in [0.1, 0.15) is 24.3 Å². The molecule has 0 unspecified atom stereocenters. The van der Waals surface area contributed by atoms with Crippen molar-refractivity contribution in [1.82, 2.24) is 10.8 Å². The van der Waals surface area contributed by atoms with Gasteiger partial charge in [-0.05, 0) is 56.9 Å². The number of amides is 1. The molecule has 0 heterocycles. The minimum absolute atomic E-state index is 0.0817. The fraction of sp³-hybridized carbons (Fsp3) is 0.400. The first-order valence-corrected chi connectivity index (χ1v) is 10.9. The minimum Gasteiger partial charge on any atom is -0.459 e. The van der Waals surface area contributed by atoms with Gasteiger partial charge < -0.3 is 19.6 Å². The lowest BCUT2D eigenvalue weighted by Gasteiger charge is -2.22. The predicted octanol–water partition coefficient (Wildman–Crippen LogP) is 3.69. The number of nitrogens with one attached hydrogen (secondary N) is 2. The summed E-state index contributed by atoms with van der Waals surface area (Å²) in [5, 5.41) is 2.45. The van der Waals surface area contributed by atoms with Gasteiger partial charge in [0, 0.05) is 5.92 Å². The highest BCUT2D eigenvalue weighted by Gasteiger charge is 2.30. The Morgan fingerprint density at radius 3 is 1.97 bits per heavy atom. The largest absolute Gasteiger partial charge is 0.459 e.